The third-order valence-electron chi connectivity index (χ3n) is 4.96. The Labute approximate surface area is 187 Å². The van der Waals surface area contributed by atoms with Crippen LogP contribution < -0.4 is 20.9 Å². The first kappa shape index (κ1) is 22.6. The molecule has 0 unspecified atom stereocenters. The molecule has 1 aliphatic heterocycles. The molecule has 1 aliphatic rings. The summed E-state index contributed by atoms with van der Waals surface area (Å²) in [5, 5.41) is 9.06. The lowest BCUT2D eigenvalue weighted by Gasteiger charge is -2.28. The molecule has 7 nitrogen and oxygen atoms in total. The molecule has 2 aromatic carbocycles. The van der Waals surface area contributed by atoms with Crippen LogP contribution in [0.25, 0.3) is 0 Å². The van der Waals surface area contributed by atoms with Crippen molar-refractivity contribution < 1.29 is 14.4 Å². The minimum Gasteiger partial charge on any atom is -0.376 e. The smallest absolute Gasteiger partial charge is 0.252 e. The number of halogens is 1. The van der Waals surface area contributed by atoms with E-state index in [1.807, 2.05) is 39.0 Å². The molecule has 1 heterocycles. The predicted octanol–water partition coefficient (Wildman–Crippen LogP) is 3.90. The number of anilines is 3. The molecule has 0 spiro atoms. The molecule has 3 N–H and O–H groups in total. The SMILES string of the molecule is CC(C)CNC(=O)c1ccc(NCC(=O)N2c3ccccc3NC(=O)C[C@@H]2C)cc1Cl. The average Bonchev–Trinajstić information content (AvgIpc) is 2.84. The summed E-state index contributed by atoms with van der Waals surface area (Å²) in [6.07, 6.45) is 0.215. The third kappa shape index (κ3) is 5.55. The molecule has 3 amide bonds. The lowest BCUT2D eigenvalue weighted by Crippen LogP contribution is -2.42. The van der Waals surface area contributed by atoms with E-state index in [-0.39, 0.29) is 36.7 Å². The number of hydrogen-bond acceptors (Lipinski definition) is 4. The zero-order valence-electron chi connectivity index (χ0n) is 17.9. The molecular formula is C23H27ClN4O3. The van der Waals surface area contributed by atoms with Gasteiger partial charge in [-0.2, -0.15) is 0 Å². The maximum absolute atomic E-state index is 13.0. The van der Waals surface area contributed by atoms with Crippen molar-refractivity contribution in [2.45, 2.75) is 33.2 Å². The molecule has 1 atom stereocenters. The van der Waals surface area contributed by atoms with Gasteiger partial charge in [-0.05, 0) is 43.2 Å². The molecule has 0 aliphatic carbocycles. The molecule has 0 bridgehead atoms. The highest BCUT2D eigenvalue weighted by Crippen LogP contribution is 2.31. The van der Waals surface area contributed by atoms with E-state index >= 15 is 0 Å². The summed E-state index contributed by atoms with van der Waals surface area (Å²) in [5.74, 6) is -0.187. The van der Waals surface area contributed by atoms with Gasteiger partial charge < -0.3 is 20.9 Å². The first-order valence-corrected chi connectivity index (χ1v) is 10.7. The van der Waals surface area contributed by atoms with Crippen LogP contribution in [0.1, 0.15) is 37.6 Å². The lowest BCUT2D eigenvalue weighted by atomic mass is 10.1. The number of fused-ring (bicyclic) bond motifs is 1. The Morgan fingerprint density at radius 3 is 2.68 bits per heavy atom. The van der Waals surface area contributed by atoms with E-state index in [1.165, 1.54) is 0 Å². The van der Waals surface area contributed by atoms with Crippen LogP contribution in [0.2, 0.25) is 5.02 Å². The van der Waals surface area contributed by atoms with E-state index in [0.717, 1.165) is 0 Å². The first-order chi connectivity index (χ1) is 14.8. The van der Waals surface area contributed by atoms with Gasteiger partial charge in [0.2, 0.25) is 11.8 Å². The summed E-state index contributed by atoms with van der Waals surface area (Å²) in [4.78, 5) is 39.0. The maximum atomic E-state index is 13.0. The van der Waals surface area contributed by atoms with Crippen LogP contribution in [-0.2, 0) is 9.59 Å². The van der Waals surface area contributed by atoms with Crippen LogP contribution in [0, 0.1) is 5.92 Å². The molecule has 0 fully saturated rings. The summed E-state index contributed by atoms with van der Waals surface area (Å²) in [7, 11) is 0. The number of nitrogens with one attached hydrogen (secondary N) is 3. The van der Waals surface area contributed by atoms with Crippen molar-refractivity contribution in [2.75, 3.05) is 28.6 Å². The fourth-order valence-electron chi connectivity index (χ4n) is 3.43. The molecule has 31 heavy (non-hydrogen) atoms. The van der Waals surface area contributed by atoms with Crippen LogP contribution in [0.4, 0.5) is 17.1 Å². The number of para-hydroxylation sites is 2. The van der Waals surface area contributed by atoms with E-state index in [4.69, 9.17) is 11.6 Å². The quantitative estimate of drug-likeness (QED) is 0.632. The highest BCUT2D eigenvalue weighted by Gasteiger charge is 2.29. The van der Waals surface area contributed by atoms with Crippen LogP contribution >= 0.6 is 11.6 Å². The minimum atomic E-state index is -0.284. The molecule has 0 saturated heterocycles. The molecule has 0 radical (unpaired) electrons. The fraction of sp³-hybridized carbons (Fsp3) is 0.348. The van der Waals surface area contributed by atoms with Gasteiger partial charge >= 0.3 is 0 Å². The molecule has 0 aromatic heterocycles. The topological polar surface area (TPSA) is 90.5 Å². The maximum Gasteiger partial charge on any atom is 0.252 e. The number of hydrogen-bond donors (Lipinski definition) is 3. The molecule has 3 rings (SSSR count). The van der Waals surface area contributed by atoms with E-state index < -0.39 is 0 Å². The fourth-order valence-corrected chi connectivity index (χ4v) is 3.70. The van der Waals surface area contributed by atoms with Crippen LogP contribution in [0.15, 0.2) is 42.5 Å². The van der Waals surface area contributed by atoms with Crippen molar-refractivity contribution in [1.82, 2.24) is 5.32 Å². The number of rotatable bonds is 6. The van der Waals surface area contributed by atoms with Crippen LogP contribution in [0.3, 0.4) is 0 Å². The van der Waals surface area contributed by atoms with Gasteiger partial charge in [0.15, 0.2) is 0 Å². The standard InChI is InChI=1S/C23H27ClN4O3/c1-14(2)12-26-23(31)17-9-8-16(11-18(17)24)25-13-22(30)28-15(3)10-21(29)27-19-6-4-5-7-20(19)28/h4-9,11,14-15,25H,10,12-13H2,1-3H3,(H,26,31)(H,27,29)/t15-/m0/s1. The Hall–Kier alpha value is -3.06. The summed E-state index contributed by atoms with van der Waals surface area (Å²) in [6.45, 7) is 6.46. The van der Waals surface area contributed by atoms with E-state index in [1.54, 1.807) is 29.2 Å². The van der Waals surface area contributed by atoms with Crippen LogP contribution in [0.5, 0.6) is 0 Å². The lowest BCUT2D eigenvalue weighted by molar-refractivity contribution is -0.118. The Morgan fingerprint density at radius 2 is 1.97 bits per heavy atom. The van der Waals surface area contributed by atoms with Crippen molar-refractivity contribution in [3.63, 3.8) is 0 Å². The van der Waals surface area contributed by atoms with Gasteiger partial charge in [0.05, 0.1) is 28.5 Å². The van der Waals surface area contributed by atoms with Gasteiger partial charge in [-0.1, -0.05) is 37.6 Å². The average molecular weight is 443 g/mol. The Balaban J connectivity index is 1.70. The molecule has 164 valence electrons. The van der Waals surface area contributed by atoms with Gasteiger partial charge in [0.1, 0.15) is 0 Å². The van der Waals surface area contributed by atoms with Crippen molar-refractivity contribution in [2.24, 2.45) is 5.92 Å². The highest BCUT2D eigenvalue weighted by molar-refractivity contribution is 6.34. The zero-order chi connectivity index (χ0) is 22.5. The predicted molar refractivity (Wildman–Crippen MR) is 124 cm³/mol. The van der Waals surface area contributed by atoms with E-state index in [0.29, 0.717) is 40.1 Å². The van der Waals surface area contributed by atoms with Crippen molar-refractivity contribution in [1.29, 1.82) is 0 Å². The Bertz CT molecular complexity index is 993. The monoisotopic (exact) mass is 442 g/mol. The second-order valence-electron chi connectivity index (χ2n) is 8.03. The zero-order valence-corrected chi connectivity index (χ0v) is 18.6. The summed E-state index contributed by atoms with van der Waals surface area (Å²) < 4.78 is 0. The van der Waals surface area contributed by atoms with Crippen molar-refractivity contribution in [3.8, 4) is 0 Å². The minimum absolute atomic E-state index is 0.0160. The van der Waals surface area contributed by atoms with Gasteiger partial charge in [-0.25, -0.2) is 0 Å². The number of carbonyl (C=O) groups excluding carboxylic acids is 3. The first-order valence-electron chi connectivity index (χ1n) is 10.3. The number of carbonyl (C=O) groups is 3. The van der Waals surface area contributed by atoms with Gasteiger partial charge in [-0.15, -0.1) is 0 Å². The van der Waals surface area contributed by atoms with E-state index in [2.05, 4.69) is 16.0 Å². The molecule has 2 aromatic rings. The molecular weight excluding hydrogens is 416 g/mol. The van der Waals surface area contributed by atoms with Gasteiger partial charge in [0, 0.05) is 24.7 Å². The summed E-state index contributed by atoms with van der Waals surface area (Å²) >= 11 is 6.29. The highest BCUT2D eigenvalue weighted by atomic mass is 35.5. The summed E-state index contributed by atoms with van der Waals surface area (Å²) in [5.41, 5.74) is 2.30. The summed E-state index contributed by atoms with van der Waals surface area (Å²) in [6, 6.07) is 11.9. The molecule has 0 saturated carbocycles. The second kappa shape index (κ2) is 9.83. The van der Waals surface area contributed by atoms with Crippen molar-refractivity contribution >= 4 is 46.4 Å². The Morgan fingerprint density at radius 1 is 1.23 bits per heavy atom. The Kier molecular flexibility index (Phi) is 7.17. The van der Waals surface area contributed by atoms with Gasteiger partial charge in [-0.3, -0.25) is 14.4 Å². The number of benzene rings is 2. The third-order valence-corrected chi connectivity index (χ3v) is 5.27. The number of nitrogens with zero attached hydrogens (tertiary/aromatic N) is 1. The van der Waals surface area contributed by atoms with Crippen molar-refractivity contribution in [3.05, 3.63) is 53.1 Å². The van der Waals surface area contributed by atoms with Crippen LogP contribution in [-0.4, -0.2) is 36.9 Å². The van der Waals surface area contributed by atoms with Gasteiger partial charge in [0.25, 0.3) is 5.91 Å². The molecule has 8 heteroatoms. The largest absolute Gasteiger partial charge is 0.376 e. The normalized spacial score (nSPS) is 15.7. The number of amides is 3. The van der Waals surface area contributed by atoms with E-state index in [9.17, 15) is 14.4 Å². The second-order valence-corrected chi connectivity index (χ2v) is 8.44.